The third kappa shape index (κ3) is 5.03. The lowest BCUT2D eigenvalue weighted by molar-refractivity contribution is -0.137. The standard InChI is InChI=1S/C19H21F3N2O3S/c1-12-5-6-13(2)17(11-12)24(28(4,26)27)14(3)18(25)23-16-9-7-15(8-10-16)19(20,21)22/h5-11,14H,1-4H3,(H,23,25)/t14-/m0/s1. The average molecular weight is 414 g/mol. The zero-order chi connectivity index (χ0) is 21.3. The molecule has 0 unspecified atom stereocenters. The Hall–Kier alpha value is -2.55. The zero-order valence-corrected chi connectivity index (χ0v) is 16.6. The Morgan fingerprint density at radius 2 is 1.64 bits per heavy atom. The molecule has 0 heterocycles. The number of alkyl halides is 3. The molecule has 0 radical (unpaired) electrons. The van der Waals surface area contributed by atoms with Crippen molar-refractivity contribution in [3.63, 3.8) is 0 Å². The summed E-state index contributed by atoms with van der Waals surface area (Å²) in [5.41, 5.74) is 1.17. The van der Waals surface area contributed by atoms with Crippen LogP contribution in [-0.2, 0) is 21.0 Å². The van der Waals surface area contributed by atoms with Crippen molar-refractivity contribution >= 4 is 27.3 Å². The molecule has 1 atom stereocenters. The maximum Gasteiger partial charge on any atom is 0.416 e. The highest BCUT2D eigenvalue weighted by Crippen LogP contribution is 2.30. The van der Waals surface area contributed by atoms with Crippen LogP contribution in [-0.4, -0.2) is 26.6 Å². The number of hydrogen-bond donors (Lipinski definition) is 1. The smallest absolute Gasteiger partial charge is 0.324 e. The molecule has 0 aromatic heterocycles. The van der Waals surface area contributed by atoms with Crippen LogP contribution >= 0.6 is 0 Å². The first-order chi connectivity index (χ1) is 12.8. The Labute approximate surface area is 162 Å². The maximum atomic E-state index is 12.6. The van der Waals surface area contributed by atoms with Crippen molar-refractivity contribution in [2.24, 2.45) is 0 Å². The van der Waals surface area contributed by atoms with Gasteiger partial charge < -0.3 is 5.32 Å². The number of sulfonamides is 1. The van der Waals surface area contributed by atoms with Gasteiger partial charge in [-0.2, -0.15) is 13.2 Å². The molecule has 1 amide bonds. The predicted octanol–water partition coefficient (Wildman–Crippen LogP) is 4.12. The van der Waals surface area contributed by atoms with E-state index in [1.54, 1.807) is 26.0 Å². The Morgan fingerprint density at radius 1 is 1.07 bits per heavy atom. The van der Waals surface area contributed by atoms with Gasteiger partial charge >= 0.3 is 6.18 Å². The number of amides is 1. The van der Waals surface area contributed by atoms with Gasteiger partial charge in [-0.3, -0.25) is 9.10 Å². The molecule has 152 valence electrons. The molecule has 0 fully saturated rings. The molecule has 0 aliphatic carbocycles. The Kier molecular flexibility index (Phi) is 6.08. The third-order valence-corrected chi connectivity index (χ3v) is 5.40. The SMILES string of the molecule is Cc1ccc(C)c(N([C@@H](C)C(=O)Nc2ccc(C(F)(F)F)cc2)S(C)(=O)=O)c1. The first-order valence-electron chi connectivity index (χ1n) is 8.35. The second-order valence-corrected chi connectivity index (χ2v) is 8.45. The quantitative estimate of drug-likeness (QED) is 0.801. The van der Waals surface area contributed by atoms with E-state index in [1.165, 1.54) is 6.92 Å². The molecule has 0 aliphatic heterocycles. The van der Waals surface area contributed by atoms with Crippen LogP contribution in [0.25, 0.3) is 0 Å². The molecule has 0 spiro atoms. The van der Waals surface area contributed by atoms with Crippen molar-refractivity contribution < 1.29 is 26.4 Å². The summed E-state index contributed by atoms with van der Waals surface area (Å²) in [5.74, 6) is -0.661. The van der Waals surface area contributed by atoms with E-state index in [4.69, 9.17) is 0 Å². The molecule has 2 rings (SSSR count). The lowest BCUT2D eigenvalue weighted by atomic mass is 10.1. The lowest BCUT2D eigenvalue weighted by Gasteiger charge is -2.29. The number of anilines is 2. The van der Waals surface area contributed by atoms with Crippen molar-refractivity contribution in [2.45, 2.75) is 33.0 Å². The first-order valence-corrected chi connectivity index (χ1v) is 10.2. The lowest BCUT2D eigenvalue weighted by Crippen LogP contribution is -2.45. The highest BCUT2D eigenvalue weighted by Gasteiger charge is 2.32. The van der Waals surface area contributed by atoms with E-state index < -0.39 is 33.7 Å². The van der Waals surface area contributed by atoms with E-state index in [2.05, 4.69) is 5.32 Å². The first kappa shape index (κ1) is 21.7. The van der Waals surface area contributed by atoms with Gasteiger partial charge in [-0.05, 0) is 62.2 Å². The highest BCUT2D eigenvalue weighted by molar-refractivity contribution is 7.92. The number of nitrogens with zero attached hydrogens (tertiary/aromatic N) is 1. The van der Waals surface area contributed by atoms with Crippen molar-refractivity contribution in [1.82, 2.24) is 0 Å². The normalized spacial score (nSPS) is 13.1. The van der Waals surface area contributed by atoms with Crippen LogP contribution < -0.4 is 9.62 Å². The Bertz CT molecular complexity index is 971. The summed E-state index contributed by atoms with van der Waals surface area (Å²) >= 11 is 0. The molecule has 9 heteroatoms. The molecule has 2 aromatic rings. The highest BCUT2D eigenvalue weighted by atomic mass is 32.2. The van der Waals surface area contributed by atoms with Crippen molar-refractivity contribution in [1.29, 1.82) is 0 Å². The van der Waals surface area contributed by atoms with Crippen LogP contribution in [0.3, 0.4) is 0 Å². The van der Waals surface area contributed by atoms with Gasteiger partial charge in [-0.1, -0.05) is 12.1 Å². The summed E-state index contributed by atoms with van der Waals surface area (Å²) in [4.78, 5) is 12.6. The number of benzene rings is 2. The van der Waals surface area contributed by atoms with Crippen LogP contribution in [0.2, 0.25) is 0 Å². The van der Waals surface area contributed by atoms with Gasteiger partial charge in [0.15, 0.2) is 0 Å². The van der Waals surface area contributed by atoms with Crippen molar-refractivity contribution in [3.8, 4) is 0 Å². The van der Waals surface area contributed by atoms with Crippen molar-refractivity contribution in [3.05, 3.63) is 59.2 Å². The van der Waals surface area contributed by atoms with Gasteiger partial charge in [0.05, 0.1) is 17.5 Å². The van der Waals surface area contributed by atoms with E-state index in [0.29, 0.717) is 11.3 Å². The number of nitrogens with one attached hydrogen (secondary N) is 1. The number of halogens is 3. The molecule has 1 N–H and O–H groups in total. The van der Waals surface area contributed by atoms with E-state index in [-0.39, 0.29) is 5.69 Å². The molecule has 0 saturated heterocycles. The van der Waals surface area contributed by atoms with Gasteiger partial charge in [0.2, 0.25) is 15.9 Å². The van der Waals surface area contributed by atoms with E-state index in [1.807, 2.05) is 6.07 Å². The van der Waals surface area contributed by atoms with Gasteiger partial charge in [-0.15, -0.1) is 0 Å². The fraction of sp³-hybridized carbons (Fsp3) is 0.316. The van der Waals surface area contributed by atoms with E-state index in [9.17, 15) is 26.4 Å². The summed E-state index contributed by atoms with van der Waals surface area (Å²) in [5, 5.41) is 2.46. The van der Waals surface area contributed by atoms with Crippen LogP contribution in [0.5, 0.6) is 0 Å². The minimum atomic E-state index is -4.48. The van der Waals surface area contributed by atoms with E-state index in [0.717, 1.165) is 40.4 Å². The molecule has 28 heavy (non-hydrogen) atoms. The summed E-state index contributed by atoms with van der Waals surface area (Å²) in [6, 6.07) is 8.07. The fourth-order valence-corrected chi connectivity index (χ4v) is 3.95. The molecule has 0 saturated carbocycles. The third-order valence-electron chi connectivity index (χ3n) is 4.17. The molecule has 0 bridgehead atoms. The van der Waals surface area contributed by atoms with Gasteiger partial charge in [0.25, 0.3) is 0 Å². The van der Waals surface area contributed by atoms with Crippen LogP contribution in [0.1, 0.15) is 23.6 Å². The Morgan fingerprint density at radius 3 is 2.14 bits per heavy atom. The second-order valence-electron chi connectivity index (χ2n) is 6.59. The maximum absolute atomic E-state index is 12.6. The van der Waals surface area contributed by atoms with Crippen LogP contribution in [0.15, 0.2) is 42.5 Å². The number of aryl methyl sites for hydroxylation is 2. The number of hydrogen-bond acceptors (Lipinski definition) is 3. The summed E-state index contributed by atoms with van der Waals surface area (Å²) < 4.78 is 63.7. The Balaban J connectivity index is 2.31. The molecule has 0 aliphatic rings. The number of carbonyl (C=O) groups excluding carboxylic acids is 1. The summed E-state index contributed by atoms with van der Waals surface area (Å²) in [6.45, 7) is 4.95. The van der Waals surface area contributed by atoms with Gasteiger partial charge in [0.1, 0.15) is 6.04 Å². The zero-order valence-electron chi connectivity index (χ0n) is 15.8. The molecular formula is C19H21F3N2O3S. The molecule has 5 nitrogen and oxygen atoms in total. The van der Waals surface area contributed by atoms with Gasteiger partial charge in [0, 0.05) is 5.69 Å². The van der Waals surface area contributed by atoms with Gasteiger partial charge in [-0.25, -0.2) is 8.42 Å². The topological polar surface area (TPSA) is 66.5 Å². The van der Waals surface area contributed by atoms with E-state index >= 15 is 0 Å². The molecule has 2 aromatic carbocycles. The predicted molar refractivity (Wildman–Crippen MR) is 103 cm³/mol. The minimum Gasteiger partial charge on any atom is -0.324 e. The van der Waals surface area contributed by atoms with Crippen molar-refractivity contribution in [2.75, 3.05) is 15.9 Å². The monoisotopic (exact) mass is 414 g/mol. The number of carbonyl (C=O) groups is 1. The minimum absolute atomic E-state index is 0.138. The van der Waals surface area contributed by atoms with Crippen LogP contribution in [0, 0.1) is 13.8 Å². The summed E-state index contributed by atoms with van der Waals surface area (Å²) in [6.07, 6.45) is -3.48. The fourth-order valence-electron chi connectivity index (χ4n) is 2.73. The second kappa shape index (κ2) is 7.83. The summed E-state index contributed by atoms with van der Waals surface area (Å²) in [7, 11) is -3.80. The number of rotatable bonds is 5. The average Bonchev–Trinajstić information content (AvgIpc) is 2.56. The van der Waals surface area contributed by atoms with Crippen LogP contribution in [0.4, 0.5) is 24.5 Å². The molecular weight excluding hydrogens is 393 g/mol. The largest absolute Gasteiger partial charge is 0.416 e.